The van der Waals surface area contributed by atoms with Crippen molar-refractivity contribution in [1.82, 2.24) is 10.0 Å². The summed E-state index contributed by atoms with van der Waals surface area (Å²) in [6.45, 7) is 1.40. The second kappa shape index (κ2) is 6.17. The molecule has 8 nitrogen and oxygen atoms in total. The van der Waals surface area contributed by atoms with E-state index in [1.54, 1.807) is 0 Å². The third-order valence-corrected chi connectivity index (χ3v) is 4.26. The summed E-state index contributed by atoms with van der Waals surface area (Å²) in [5, 5.41) is 11.1. The topological polar surface area (TPSA) is 126 Å². The number of carbonyl (C=O) groups excluding carboxylic acids is 1. The van der Waals surface area contributed by atoms with Crippen LogP contribution in [0.4, 0.5) is 0 Å². The van der Waals surface area contributed by atoms with Crippen LogP contribution in [-0.4, -0.2) is 38.5 Å². The maximum atomic E-state index is 11.8. The van der Waals surface area contributed by atoms with Gasteiger partial charge in [-0.25, -0.2) is 17.9 Å². The van der Waals surface area contributed by atoms with Crippen molar-refractivity contribution in [3.05, 3.63) is 16.5 Å². The first-order valence-corrected chi connectivity index (χ1v) is 7.28. The summed E-state index contributed by atoms with van der Waals surface area (Å²) in [5.74, 6) is -2.15. The SMILES string of the molecule is CC(=O)NCCNS(=O)(=O)c1cc(C(=O)O)oc1Br. The smallest absolute Gasteiger partial charge is 0.371 e. The minimum Gasteiger partial charge on any atom is -0.475 e. The maximum Gasteiger partial charge on any atom is 0.371 e. The molecule has 0 unspecified atom stereocenters. The summed E-state index contributed by atoms with van der Waals surface area (Å²) in [4.78, 5) is 20.9. The predicted octanol–water partition coefficient (Wildman–Crippen LogP) is 0.155. The van der Waals surface area contributed by atoms with Gasteiger partial charge in [-0.1, -0.05) is 0 Å². The molecule has 1 heterocycles. The Morgan fingerprint density at radius 3 is 2.53 bits per heavy atom. The van der Waals surface area contributed by atoms with E-state index in [-0.39, 0.29) is 28.6 Å². The number of carboxylic acids is 1. The minimum atomic E-state index is -3.91. The first-order valence-electron chi connectivity index (χ1n) is 5.01. The van der Waals surface area contributed by atoms with Crippen molar-refractivity contribution in [3.8, 4) is 0 Å². The highest BCUT2D eigenvalue weighted by atomic mass is 79.9. The molecule has 1 aromatic heterocycles. The number of furan rings is 1. The van der Waals surface area contributed by atoms with Crippen LogP contribution in [0.5, 0.6) is 0 Å². The Kier molecular flexibility index (Phi) is 5.09. The summed E-state index contributed by atoms with van der Waals surface area (Å²) < 4.78 is 30.4. The number of halogens is 1. The van der Waals surface area contributed by atoms with Crippen LogP contribution in [0, 0.1) is 0 Å². The fourth-order valence-electron chi connectivity index (χ4n) is 1.14. The van der Waals surface area contributed by atoms with Crippen molar-refractivity contribution in [2.75, 3.05) is 13.1 Å². The average molecular weight is 355 g/mol. The molecule has 0 bridgehead atoms. The highest BCUT2D eigenvalue weighted by Crippen LogP contribution is 2.25. The van der Waals surface area contributed by atoms with Crippen LogP contribution in [0.1, 0.15) is 17.5 Å². The van der Waals surface area contributed by atoms with Crippen molar-refractivity contribution < 1.29 is 27.5 Å². The van der Waals surface area contributed by atoms with Gasteiger partial charge in [0.25, 0.3) is 0 Å². The zero-order chi connectivity index (χ0) is 14.6. The summed E-state index contributed by atoms with van der Waals surface area (Å²) in [6.07, 6.45) is 0. The van der Waals surface area contributed by atoms with Crippen LogP contribution in [-0.2, 0) is 14.8 Å². The molecule has 3 N–H and O–H groups in total. The molecule has 0 fully saturated rings. The second-order valence-electron chi connectivity index (χ2n) is 3.43. The highest BCUT2D eigenvalue weighted by Gasteiger charge is 2.24. The molecule has 0 spiro atoms. The molecule has 10 heteroatoms. The molecule has 0 saturated heterocycles. The number of carbonyl (C=O) groups is 2. The van der Waals surface area contributed by atoms with Gasteiger partial charge >= 0.3 is 5.97 Å². The van der Waals surface area contributed by atoms with Gasteiger partial charge in [0.1, 0.15) is 4.90 Å². The number of rotatable bonds is 6. The van der Waals surface area contributed by atoms with Gasteiger partial charge < -0.3 is 14.8 Å². The fraction of sp³-hybridized carbons (Fsp3) is 0.333. The Labute approximate surface area is 117 Å². The number of hydrogen-bond donors (Lipinski definition) is 3. The van der Waals surface area contributed by atoms with Crippen LogP contribution in [0.25, 0.3) is 0 Å². The van der Waals surface area contributed by atoms with E-state index >= 15 is 0 Å². The van der Waals surface area contributed by atoms with E-state index in [0.29, 0.717) is 0 Å². The normalized spacial score (nSPS) is 11.3. The van der Waals surface area contributed by atoms with E-state index < -0.39 is 21.8 Å². The van der Waals surface area contributed by atoms with E-state index in [9.17, 15) is 18.0 Å². The zero-order valence-electron chi connectivity index (χ0n) is 9.77. The monoisotopic (exact) mass is 354 g/mol. The molecule has 0 aliphatic rings. The molecule has 0 saturated carbocycles. The van der Waals surface area contributed by atoms with Gasteiger partial charge in [0, 0.05) is 26.1 Å². The van der Waals surface area contributed by atoms with E-state index in [2.05, 4.69) is 26.0 Å². The van der Waals surface area contributed by atoms with Gasteiger partial charge in [0.2, 0.25) is 21.7 Å². The Morgan fingerprint density at radius 1 is 1.42 bits per heavy atom. The molecule has 0 aromatic carbocycles. The van der Waals surface area contributed by atoms with Crippen molar-refractivity contribution in [2.45, 2.75) is 11.8 Å². The molecule has 0 radical (unpaired) electrons. The second-order valence-corrected chi connectivity index (χ2v) is 5.89. The lowest BCUT2D eigenvalue weighted by atomic mass is 10.5. The minimum absolute atomic E-state index is 0.0259. The first-order chi connectivity index (χ1) is 8.74. The quantitative estimate of drug-likeness (QED) is 0.624. The molecule has 0 aliphatic heterocycles. The number of amides is 1. The standard InChI is InChI=1S/C9H11BrN2O6S/c1-5(13)11-2-3-12-19(16,17)7-4-6(9(14)15)18-8(7)10/h4,12H,2-3H2,1H3,(H,11,13)(H,14,15). The number of aromatic carboxylic acids is 1. The van der Waals surface area contributed by atoms with Gasteiger partial charge in [-0.3, -0.25) is 4.79 Å². The summed E-state index contributed by atoms with van der Waals surface area (Å²) >= 11 is 2.83. The third kappa shape index (κ3) is 4.33. The molecule has 1 aromatic rings. The van der Waals surface area contributed by atoms with Gasteiger partial charge in [-0.15, -0.1) is 0 Å². The Balaban J connectivity index is 2.77. The third-order valence-electron chi connectivity index (χ3n) is 1.95. The van der Waals surface area contributed by atoms with Crippen LogP contribution in [0.15, 0.2) is 20.0 Å². The van der Waals surface area contributed by atoms with Gasteiger partial charge in [0.05, 0.1) is 0 Å². The molecule has 1 rings (SSSR count). The summed E-state index contributed by atoms with van der Waals surface area (Å²) in [7, 11) is -3.91. The van der Waals surface area contributed by atoms with Crippen molar-refractivity contribution in [2.24, 2.45) is 0 Å². The average Bonchev–Trinajstić information content (AvgIpc) is 2.67. The molecular formula is C9H11BrN2O6S. The molecular weight excluding hydrogens is 344 g/mol. The lowest BCUT2D eigenvalue weighted by molar-refractivity contribution is -0.118. The molecule has 19 heavy (non-hydrogen) atoms. The summed E-state index contributed by atoms with van der Waals surface area (Å²) in [5.41, 5.74) is 0. The fourth-order valence-corrected chi connectivity index (χ4v) is 3.11. The van der Waals surface area contributed by atoms with Gasteiger partial charge in [-0.05, 0) is 15.9 Å². The molecule has 1 amide bonds. The number of nitrogens with one attached hydrogen (secondary N) is 2. The van der Waals surface area contributed by atoms with Crippen LogP contribution < -0.4 is 10.0 Å². The summed E-state index contributed by atoms with van der Waals surface area (Å²) in [6, 6.07) is 0.896. The molecule has 0 aliphatic carbocycles. The van der Waals surface area contributed by atoms with Gasteiger partial charge in [-0.2, -0.15) is 0 Å². The van der Waals surface area contributed by atoms with Crippen molar-refractivity contribution in [1.29, 1.82) is 0 Å². The van der Waals surface area contributed by atoms with Crippen LogP contribution in [0.3, 0.4) is 0 Å². The van der Waals surface area contributed by atoms with Gasteiger partial charge in [0.15, 0.2) is 4.67 Å². The van der Waals surface area contributed by atoms with E-state index in [1.165, 1.54) is 6.92 Å². The van der Waals surface area contributed by atoms with E-state index in [0.717, 1.165) is 6.07 Å². The Hall–Kier alpha value is -1.39. The van der Waals surface area contributed by atoms with E-state index in [1.807, 2.05) is 0 Å². The first kappa shape index (κ1) is 15.7. The van der Waals surface area contributed by atoms with Crippen LogP contribution in [0.2, 0.25) is 0 Å². The van der Waals surface area contributed by atoms with Crippen molar-refractivity contribution >= 4 is 37.8 Å². The number of hydrogen-bond acceptors (Lipinski definition) is 5. The predicted molar refractivity (Wildman–Crippen MR) is 67.2 cm³/mol. The molecule has 0 atom stereocenters. The molecule has 106 valence electrons. The number of sulfonamides is 1. The Morgan fingerprint density at radius 2 is 2.05 bits per heavy atom. The maximum absolute atomic E-state index is 11.8. The largest absolute Gasteiger partial charge is 0.475 e. The number of carboxylic acid groups (broad SMARTS) is 1. The Bertz CT molecular complexity index is 594. The van der Waals surface area contributed by atoms with Crippen molar-refractivity contribution in [3.63, 3.8) is 0 Å². The highest BCUT2D eigenvalue weighted by molar-refractivity contribution is 9.10. The lowest BCUT2D eigenvalue weighted by Crippen LogP contribution is -2.33. The van der Waals surface area contributed by atoms with Crippen LogP contribution >= 0.6 is 15.9 Å². The van der Waals surface area contributed by atoms with E-state index in [4.69, 9.17) is 9.52 Å². The zero-order valence-corrected chi connectivity index (χ0v) is 12.2. The lowest BCUT2D eigenvalue weighted by Gasteiger charge is -2.05.